The van der Waals surface area contributed by atoms with Crippen LogP contribution in [0.15, 0.2) is 42.9 Å². The predicted molar refractivity (Wildman–Crippen MR) is 109 cm³/mol. The van der Waals surface area contributed by atoms with E-state index in [9.17, 15) is 9.18 Å². The summed E-state index contributed by atoms with van der Waals surface area (Å²) < 4.78 is 19.7. The van der Waals surface area contributed by atoms with E-state index in [0.29, 0.717) is 18.5 Å². The molecular weight excluding hydrogens is 385 g/mol. The molecule has 2 bridgehead atoms. The van der Waals surface area contributed by atoms with Gasteiger partial charge in [-0.15, -0.1) is 0 Å². The zero-order chi connectivity index (χ0) is 20.7. The molecule has 3 aliphatic rings. The third-order valence-corrected chi connectivity index (χ3v) is 6.57. The molecule has 0 aliphatic carbocycles. The van der Waals surface area contributed by atoms with Gasteiger partial charge in [-0.25, -0.2) is 14.4 Å². The zero-order valence-corrected chi connectivity index (χ0v) is 16.9. The largest absolute Gasteiger partial charge is 0.365 e. The van der Waals surface area contributed by atoms with Crippen LogP contribution < -0.4 is 10.2 Å². The molecule has 1 aromatic carbocycles. The highest BCUT2D eigenvalue weighted by molar-refractivity contribution is 5.77. The Bertz CT molecular complexity index is 882. The monoisotopic (exact) mass is 411 g/mol. The van der Waals surface area contributed by atoms with Gasteiger partial charge in [0.05, 0.1) is 17.8 Å². The SMILES string of the molecule is CN1C(=O)CC(c2ccncn2)NC1OC1C[C@H]2CC[C@@H](C1)N2c1ccc(F)cc1. The van der Waals surface area contributed by atoms with Gasteiger partial charge in [0.1, 0.15) is 12.1 Å². The van der Waals surface area contributed by atoms with Crippen molar-refractivity contribution in [1.29, 1.82) is 0 Å². The molecule has 3 saturated heterocycles. The van der Waals surface area contributed by atoms with E-state index in [1.165, 1.54) is 18.5 Å². The van der Waals surface area contributed by atoms with Gasteiger partial charge < -0.3 is 14.5 Å². The number of nitrogens with zero attached hydrogens (tertiary/aromatic N) is 4. The molecule has 0 saturated carbocycles. The Morgan fingerprint density at radius 1 is 1.13 bits per heavy atom. The van der Waals surface area contributed by atoms with Gasteiger partial charge in [-0.3, -0.25) is 10.1 Å². The third kappa shape index (κ3) is 3.65. The summed E-state index contributed by atoms with van der Waals surface area (Å²) in [5.41, 5.74) is 1.88. The fourth-order valence-corrected chi connectivity index (χ4v) is 5.08. The lowest BCUT2D eigenvalue weighted by atomic mass is 9.98. The van der Waals surface area contributed by atoms with Gasteiger partial charge in [-0.05, 0) is 56.0 Å². The number of piperidine rings is 1. The van der Waals surface area contributed by atoms with Crippen molar-refractivity contribution in [3.8, 4) is 0 Å². The summed E-state index contributed by atoms with van der Waals surface area (Å²) >= 11 is 0. The Hall–Kier alpha value is -2.58. The lowest BCUT2D eigenvalue weighted by molar-refractivity contribution is -0.168. The van der Waals surface area contributed by atoms with Crippen LogP contribution in [0.2, 0.25) is 0 Å². The number of aromatic nitrogens is 2. The van der Waals surface area contributed by atoms with Gasteiger partial charge in [-0.2, -0.15) is 0 Å². The first-order valence-electron chi connectivity index (χ1n) is 10.6. The molecule has 5 rings (SSSR count). The van der Waals surface area contributed by atoms with Crippen LogP contribution in [-0.2, 0) is 9.53 Å². The van der Waals surface area contributed by atoms with Crippen LogP contribution in [0.4, 0.5) is 10.1 Å². The number of benzene rings is 1. The predicted octanol–water partition coefficient (Wildman–Crippen LogP) is 2.61. The number of rotatable bonds is 4. The molecule has 3 unspecified atom stereocenters. The van der Waals surface area contributed by atoms with E-state index in [-0.39, 0.29) is 23.9 Å². The molecular formula is C22H26FN5O2. The van der Waals surface area contributed by atoms with E-state index < -0.39 is 6.35 Å². The fourth-order valence-electron chi connectivity index (χ4n) is 5.08. The summed E-state index contributed by atoms with van der Waals surface area (Å²) in [6.45, 7) is 0. The molecule has 30 heavy (non-hydrogen) atoms. The number of carbonyl (C=O) groups excluding carboxylic acids is 1. The number of anilines is 1. The maximum absolute atomic E-state index is 13.3. The summed E-state index contributed by atoms with van der Waals surface area (Å²) in [4.78, 5) is 24.9. The summed E-state index contributed by atoms with van der Waals surface area (Å²) in [6, 6.07) is 9.18. The second-order valence-electron chi connectivity index (χ2n) is 8.41. The summed E-state index contributed by atoms with van der Waals surface area (Å²) in [6.07, 6.45) is 7.13. The topological polar surface area (TPSA) is 70.6 Å². The maximum atomic E-state index is 13.3. The minimum absolute atomic E-state index is 0.0362. The lowest BCUT2D eigenvalue weighted by Crippen LogP contribution is -2.57. The Labute approximate surface area is 175 Å². The Balaban J connectivity index is 1.27. The number of nitrogens with one attached hydrogen (secondary N) is 1. The zero-order valence-electron chi connectivity index (χ0n) is 16.9. The average Bonchev–Trinajstić information content (AvgIpc) is 3.02. The molecule has 3 aliphatic heterocycles. The van der Waals surface area contributed by atoms with E-state index in [0.717, 1.165) is 37.1 Å². The molecule has 1 N–H and O–H groups in total. The van der Waals surface area contributed by atoms with Crippen LogP contribution in [0, 0.1) is 5.82 Å². The first-order chi connectivity index (χ1) is 14.6. The standard InChI is InChI=1S/C22H26FN5O2/c1-27-21(29)12-20(19-8-9-24-13-25-19)26-22(27)30-18-10-16-6-7-17(11-18)28(16)15-4-2-14(23)3-5-15/h2-5,8-9,13,16-18,20,22,26H,6-7,10-12H2,1H3/t16-,17+,18?,20?,22?. The third-order valence-electron chi connectivity index (χ3n) is 6.57. The highest BCUT2D eigenvalue weighted by Gasteiger charge is 2.43. The van der Waals surface area contributed by atoms with E-state index >= 15 is 0 Å². The van der Waals surface area contributed by atoms with Crippen LogP contribution in [0.1, 0.15) is 43.8 Å². The van der Waals surface area contributed by atoms with E-state index in [2.05, 4.69) is 20.2 Å². The number of amides is 1. The minimum Gasteiger partial charge on any atom is -0.365 e. The molecule has 4 heterocycles. The van der Waals surface area contributed by atoms with Crippen molar-refractivity contribution in [2.24, 2.45) is 0 Å². The molecule has 3 fully saturated rings. The molecule has 0 spiro atoms. The van der Waals surface area contributed by atoms with Crippen molar-refractivity contribution in [2.45, 2.75) is 62.7 Å². The van der Waals surface area contributed by atoms with Crippen LogP contribution in [0.5, 0.6) is 0 Å². The van der Waals surface area contributed by atoms with Gasteiger partial charge in [0.25, 0.3) is 0 Å². The number of hydrogen-bond acceptors (Lipinski definition) is 6. The van der Waals surface area contributed by atoms with Crippen molar-refractivity contribution in [3.05, 3.63) is 54.4 Å². The van der Waals surface area contributed by atoms with Crippen LogP contribution >= 0.6 is 0 Å². The lowest BCUT2D eigenvalue weighted by Gasteiger charge is -2.44. The molecule has 158 valence electrons. The Morgan fingerprint density at radius 2 is 1.87 bits per heavy atom. The average molecular weight is 411 g/mol. The van der Waals surface area contributed by atoms with E-state index in [4.69, 9.17) is 4.74 Å². The van der Waals surface area contributed by atoms with Crippen LogP contribution in [-0.4, -0.2) is 52.4 Å². The number of halogens is 1. The first-order valence-corrected chi connectivity index (χ1v) is 10.6. The molecule has 5 atom stereocenters. The molecule has 8 heteroatoms. The second kappa shape index (κ2) is 7.92. The molecule has 1 aromatic heterocycles. The fraction of sp³-hybridized carbons (Fsp3) is 0.500. The smallest absolute Gasteiger partial charge is 0.227 e. The highest BCUT2D eigenvalue weighted by Crippen LogP contribution is 2.40. The van der Waals surface area contributed by atoms with Crippen LogP contribution in [0.25, 0.3) is 0 Å². The minimum atomic E-state index is -0.479. The molecule has 1 amide bonds. The van der Waals surface area contributed by atoms with Gasteiger partial charge in [0.2, 0.25) is 5.91 Å². The second-order valence-corrected chi connectivity index (χ2v) is 8.41. The van der Waals surface area contributed by atoms with Crippen molar-refractivity contribution >= 4 is 11.6 Å². The first kappa shape index (κ1) is 19.4. The van der Waals surface area contributed by atoms with Crippen molar-refractivity contribution in [2.75, 3.05) is 11.9 Å². The number of carbonyl (C=O) groups is 1. The van der Waals surface area contributed by atoms with Crippen molar-refractivity contribution < 1.29 is 13.9 Å². The van der Waals surface area contributed by atoms with Gasteiger partial charge in [0.15, 0.2) is 6.35 Å². The maximum Gasteiger partial charge on any atom is 0.227 e. The van der Waals surface area contributed by atoms with Crippen molar-refractivity contribution in [1.82, 2.24) is 20.2 Å². The highest BCUT2D eigenvalue weighted by atomic mass is 19.1. The van der Waals surface area contributed by atoms with Gasteiger partial charge in [-0.1, -0.05) is 0 Å². The molecule has 2 aromatic rings. The summed E-state index contributed by atoms with van der Waals surface area (Å²) in [7, 11) is 1.78. The number of hydrogen-bond donors (Lipinski definition) is 1. The summed E-state index contributed by atoms with van der Waals surface area (Å²) in [5, 5.41) is 3.43. The van der Waals surface area contributed by atoms with Crippen molar-refractivity contribution in [3.63, 3.8) is 0 Å². The Kier molecular flexibility index (Phi) is 5.12. The number of fused-ring (bicyclic) bond motifs is 2. The Morgan fingerprint density at radius 3 is 2.53 bits per heavy atom. The normalized spacial score (nSPS) is 31.3. The summed E-state index contributed by atoms with van der Waals surface area (Å²) in [5.74, 6) is -0.173. The van der Waals surface area contributed by atoms with Crippen LogP contribution in [0.3, 0.4) is 0 Å². The van der Waals surface area contributed by atoms with Gasteiger partial charge >= 0.3 is 0 Å². The van der Waals surface area contributed by atoms with E-state index in [1.807, 2.05) is 18.2 Å². The quantitative estimate of drug-likeness (QED) is 0.834. The molecule has 7 nitrogen and oxygen atoms in total. The van der Waals surface area contributed by atoms with Gasteiger partial charge in [0, 0.05) is 37.4 Å². The molecule has 0 radical (unpaired) electrons. The number of ether oxygens (including phenoxy) is 1. The van der Waals surface area contributed by atoms with E-state index in [1.54, 1.807) is 18.1 Å².